The molecule has 2 amide bonds. The number of hydrogen-bond acceptors (Lipinski definition) is 5. The van der Waals surface area contributed by atoms with E-state index in [0.29, 0.717) is 11.6 Å². The number of aromatic nitrogens is 2. The van der Waals surface area contributed by atoms with Gasteiger partial charge in [-0.25, -0.2) is 4.79 Å². The lowest BCUT2D eigenvalue weighted by Gasteiger charge is -2.15. The molecule has 0 fully saturated rings. The molecule has 0 aliphatic heterocycles. The zero-order chi connectivity index (χ0) is 12.7. The zero-order valence-corrected chi connectivity index (χ0v) is 10.2. The second-order valence-corrected chi connectivity index (χ2v) is 4.26. The van der Waals surface area contributed by atoms with Crippen molar-refractivity contribution in [3.63, 3.8) is 0 Å². The first-order chi connectivity index (χ1) is 8.11. The van der Waals surface area contributed by atoms with Gasteiger partial charge in [-0.1, -0.05) is 24.7 Å². The van der Waals surface area contributed by atoms with Crippen LogP contribution in [0.5, 0.6) is 0 Å². The molecule has 0 spiro atoms. The highest BCUT2D eigenvalue weighted by Gasteiger charge is 2.15. The van der Waals surface area contributed by atoms with E-state index in [0.717, 1.165) is 6.42 Å². The number of amides is 2. The zero-order valence-electron chi connectivity index (χ0n) is 9.34. The van der Waals surface area contributed by atoms with Gasteiger partial charge in [0.15, 0.2) is 0 Å². The highest BCUT2D eigenvalue weighted by molar-refractivity contribution is 7.13. The third-order valence-corrected chi connectivity index (χ3v) is 2.58. The van der Waals surface area contributed by atoms with Gasteiger partial charge in [-0.3, -0.25) is 10.1 Å². The van der Waals surface area contributed by atoms with Crippen LogP contribution in [-0.4, -0.2) is 33.3 Å². The molecule has 0 aromatic carbocycles. The van der Waals surface area contributed by atoms with Crippen molar-refractivity contribution in [2.75, 3.05) is 5.32 Å². The summed E-state index contributed by atoms with van der Waals surface area (Å²) in [7, 11) is 0. The maximum Gasteiger partial charge on any atom is 0.321 e. The van der Waals surface area contributed by atoms with E-state index in [1.807, 2.05) is 6.92 Å². The minimum absolute atomic E-state index is 0.0859. The van der Waals surface area contributed by atoms with Gasteiger partial charge in [0.2, 0.25) is 5.13 Å². The van der Waals surface area contributed by atoms with Gasteiger partial charge in [0.1, 0.15) is 5.51 Å². The molecule has 0 bridgehead atoms. The highest BCUT2D eigenvalue weighted by Crippen LogP contribution is 2.08. The Bertz CT molecular complexity index is 368. The van der Waals surface area contributed by atoms with Gasteiger partial charge in [-0.15, -0.1) is 10.2 Å². The van der Waals surface area contributed by atoms with Gasteiger partial charge >= 0.3 is 12.0 Å². The molecule has 1 heterocycles. The first-order valence-corrected chi connectivity index (χ1v) is 6.05. The number of anilines is 1. The molecule has 0 saturated carbocycles. The first-order valence-electron chi connectivity index (χ1n) is 5.17. The number of carboxylic acids is 1. The average molecular weight is 258 g/mol. The molecular formula is C9H14N4O3S. The third kappa shape index (κ3) is 5.25. The van der Waals surface area contributed by atoms with Crippen LogP contribution in [0.15, 0.2) is 5.51 Å². The number of rotatable bonds is 6. The van der Waals surface area contributed by atoms with Crippen LogP contribution in [0.4, 0.5) is 9.93 Å². The van der Waals surface area contributed by atoms with Crippen molar-refractivity contribution in [1.29, 1.82) is 0 Å². The summed E-state index contributed by atoms with van der Waals surface area (Å²) in [5, 5.41) is 21.4. The number of nitrogens with zero attached hydrogens (tertiary/aromatic N) is 2. The van der Waals surface area contributed by atoms with Crippen molar-refractivity contribution in [3.8, 4) is 0 Å². The monoisotopic (exact) mass is 258 g/mol. The van der Waals surface area contributed by atoms with E-state index >= 15 is 0 Å². The topological polar surface area (TPSA) is 104 Å². The first kappa shape index (κ1) is 13.4. The molecule has 7 nitrogen and oxygen atoms in total. The van der Waals surface area contributed by atoms with Gasteiger partial charge in [-0.2, -0.15) is 0 Å². The molecule has 3 N–H and O–H groups in total. The Kier molecular flexibility index (Phi) is 5.34. The SMILES string of the molecule is CCCC(CC(=O)O)NC(=O)Nc1nncs1. The number of nitrogens with one attached hydrogen (secondary N) is 2. The fourth-order valence-corrected chi connectivity index (χ4v) is 1.77. The Hall–Kier alpha value is -1.70. The van der Waals surface area contributed by atoms with Crippen LogP contribution in [0.25, 0.3) is 0 Å². The van der Waals surface area contributed by atoms with E-state index in [-0.39, 0.29) is 12.5 Å². The molecule has 17 heavy (non-hydrogen) atoms. The molecule has 0 aliphatic rings. The highest BCUT2D eigenvalue weighted by atomic mass is 32.1. The lowest BCUT2D eigenvalue weighted by Crippen LogP contribution is -2.39. The van der Waals surface area contributed by atoms with Crippen LogP contribution in [0.1, 0.15) is 26.2 Å². The van der Waals surface area contributed by atoms with E-state index in [1.165, 1.54) is 16.8 Å². The number of carboxylic acid groups (broad SMARTS) is 1. The summed E-state index contributed by atoms with van der Waals surface area (Å²) in [6, 6.07) is -0.827. The lowest BCUT2D eigenvalue weighted by atomic mass is 10.1. The number of hydrogen-bond donors (Lipinski definition) is 3. The summed E-state index contributed by atoms with van der Waals surface area (Å²) >= 11 is 1.20. The Labute approximate surface area is 102 Å². The molecule has 94 valence electrons. The van der Waals surface area contributed by atoms with E-state index in [4.69, 9.17) is 5.11 Å². The Balaban J connectivity index is 2.43. The normalized spacial score (nSPS) is 11.8. The summed E-state index contributed by atoms with van der Waals surface area (Å²) in [4.78, 5) is 22.1. The molecule has 0 saturated heterocycles. The van der Waals surface area contributed by atoms with Crippen molar-refractivity contribution >= 4 is 28.5 Å². The lowest BCUT2D eigenvalue weighted by molar-refractivity contribution is -0.137. The second kappa shape index (κ2) is 6.79. The Morgan fingerprint density at radius 2 is 2.35 bits per heavy atom. The molecule has 8 heteroatoms. The largest absolute Gasteiger partial charge is 0.481 e. The van der Waals surface area contributed by atoms with Crippen molar-refractivity contribution in [2.24, 2.45) is 0 Å². The van der Waals surface area contributed by atoms with Crippen LogP contribution in [-0.2, 0) is 4.79 Å². The minimum Gasteiger partial charge on any atom is -0.481 e. The van der Waals surface area contributed by atoms with E-state index < -0.39 is 12.0 Å². The number of carbonyl (C=O) groups is 2. The fraction of sp³-hybridized carbons (Fsp3) is 0.556. The number of aliphatic carboxylic acids is 1. The molecular weight excluding hydrogens is 244 g/mol. The van der Waals surface area contributed by atoms with Crippen LogP contribution in [0, 0.1) is 0 Å². The van der Waals surface area contributed by atoms with E-state index in [2.05, 4.69) is 20.8 Å². The quantitative estimate of drug-likeness (QED) is 0.713. The Morgan fingerprint density at radius 1 is 1.59 bits per heavy atom. The molecule has 0 aliphatic carbocycles. The summed E-state index contributed by atoms with van der Waals surface area (Å²) < 4.78 is 0. The van der Waals surface area contributed by atoms with Crippen molar-refractivity contribution in [3.05, 3.63) is 5.51 Å². The van der Waals surface area contributed by atoms with Gasteiger partial charge in [0.05, 0.1) is 6.42 Å². The summed E-state index contributed by atoms with van der Waals surface area (Å²) in [5.41, 5.74) is 1.50. The standard InChI is InChI=1S/C9H14N4O3S/c1-2-3-6(4-7(14)15)11-8(16)12-9-13-10-5-17-9/h5-6H,2-4H2,1H3,(H,14,15)(H2,11,12,13,16). The van der Waals surface area contributed by atoms with E-state index in [9.17, 15) is 9.59 Å². The maximum atomic E-state index is 11.5. The molecule has 1 unspecified atom stereocenters. The number of urea groups is 1. The van der Waals surface area contributed by atoms with Crippen LogP contribution in [0.2, 0.25) is 0 Å². The summed E-state index contributed by atoms with van der Waals surface area (Å²) in [5.74, 6) is -0.931. The summed E-state index contributed by atoms with van der Waals surface area (Å²) in [6.45, 7) is 1.93. The van der Waals surface area contributed by atoms with Crippen LogP contribution in [0.3, 0.4) is 0 Å². The van der Waals surface area contributed by atoms with Crippen molar-refractivity contribution in [2.45, 2.75) is 32.2 Å². The molecule has 1 aromatic rings. The van der Waals surface area contributed by atoms with E-state index in [1.54, 1.807) is 0 Å². The van der Waals surface area contributed by atoms with Gasteiger partial charge in [0, 0.05) is 6.04 Å². The molecule has 1 aromatic heterocycles. The van der Waals surface area contributed by atoms with Gasteiger partial charge in [-0.05, 0) is 6.42 Å². The maximum absolute atomic E-state index is 11.5. The number of carbonyl (C=O) groups excluding carboxylic acids is 1. The van der Waals surface area contributed by atoms with Crippen molar-refractivity contribution < 1.29 is 14.7 Å². The predicted octanol–water partition coefficient (Wildman–Crippen LogP) is 1.30. The molecule has 1 atom stereocenters. The minimum atomic E-state index is -0.931. The summed E-state index contributed by atoms with van der Waals surface area (Å²) in [6.07, 6.45) is 1.34. The van der Waals surface area contributed by atoms with Gasteiger partial charge < -0.3 is 10.4 Å². The third-order valence-electron chi connectivity index (χ3n) is 1.97. The second-order valence-electron chi connectivity index (χ2n) is 3.43. The Morgan fingerprint density at radius 3 is 2.88 bits per heavy atom. The predicted molar refractivity (Wildman–Crippen MR) is 63.0 cm³/mol. The van der Waals surface area contributed by atoms with Crippen LogP contribution >= 0.6 is 11.3 Å². The molecule has 0 radical (unpaired) electrons. The smallest absolute Gasteiger partial charge is 0.321 e. The van der Waals surface area contributed by atoms with Gasteiger partial charge in [0.25, 0.3) is 0 Å². The fourth-order valence-electron chi connectivity index (χ4n) is 1.33. The van der Waals surface area contributed by atoms with Crippen molar-refractivity contribution in [1.82, 2.24) is 15.5 Å². The average Bonchev–Trinajstić information content (AvgIpc) is 2.69. The molecule has 1 rings (SSSR count). The van der Waals surface area contributed by atoms with Crippen LogP contribution < -0.4 is 10.6 Å².